The number of halogens is 1. The standard InChI is InChI=1S/C18H17BrN6O/c19-12-9-15-17(23-10-12)14(1-4-21-15)24-13-2-7-25(8-3-13)18(26)16-11-20-5-6-22-16/h1,4-6,9-11,13H,2-3,7-8H2,(H,21,24). The fourth-order valence-electron chi connectivity index (χ4n) is 3.14. The first-order valence-electron chi connectivity index (χ1n) is 8.43. The Hall–Kier alpha value is -2.61. The van der Waals surface area contributed by atoms with E-state index in [0.29, 0.717) is 18.8 Å². The Morgan fingerprint density at radius 1 is 1.12 bits per heavy atom. The molecular formula is C18H17BrN6O. The van der Waals surface area contributed by atoms with Crippen LogP contribution in [0.4, 0.5) is 5.69 Å². The second-order valence-electron chi connectivity index (χ2n) is 6.18. The smallest absolute Gasteiger partial charge is 0.274 e. The maximum atomic E-state index is 12.5. The summed E-state index contributed by atoms with van der Waals surface area (Å²) in [4.78, 5) is 31.2. The number of nitrogens with one attached hydrogen (secondary N) is 1. The molecule has 26 heavy (non-hydrogen) atoms. The molecule has 4 rings (SSSR count). The number of amides is 1. The molecule has 4 heterocycles. The number of anilines is 1. The van der Waals surface area contributed by atoms with Crippen molar-refractivity contribution < 1.29 is 4.79 Å². The number of pyridine rings is 2. The molecule has 132 valence electrons. The molecule has 0 radical (unpaired) electrons. The van der Waals surface area contributed by atoms with Crippen LogP contribution in [0.2, 0.25) is 0 Å². The summed E-state index contributed by atoms with van der Waals surface area (Å²) < 4.78 is 0.908. The fraction of sp³-hybridized carbons (Fsp3) is 0.278. The van der Waals surface area contributed by atoms with Crippen molar-refractivity contribution >= 4 is 38.6 Å². The van der Waals surface area contributed by atoms with Gasteiger partial charge in [0.25, 0.3) is 5.91 Å². The number of aromatic nitrogens is 4. The van der Waals surface area contributed by atoms with Crippen molar-refractivity contribution in [3.8, 4) is 0 Å². The predicted octanol–water partition coefficient (Wildman–Crippen LogP) is 2.90. The summed E-state index contributed by atoms with van der Waals surface area (Å²) >= 11 is 3.42. The SMILES string of the molecule is O=C(c1cnccn1)N1CCC(Nc2ccnc3cc(Br)cnc23)CC1. The van der Waals surface area contributed by atoms with Gasteiger partial charge in [0.1, 0.15) is 11.2 Å². The normalized spacial score (nSPS) is 15.2. The summed E-state index contributed by atoms with van der Waals surface area (Å²) in [5.41, 5.74) is 3.07. The molecule has 0 aliphatic carbocycles. The summed E-state index contributed by atoms with van der Waals surface area (Å²) in [6.07, 6.45) is 9.92. The van der Waals surface area contributed by atoms with Crippen molar-refractivity contribution in [1.29, 1.82) is 0 Å². The molecule has 0 aromatic carbocycles. The van der Waals surface area contributed by atoms with Crippen molar-refractivity contribution in [3.05, 3.63) is 53.3 Å². The lowest BCUT2D eigenvalue weighted by Crippen LogP contribution is -2.42. The minimum Gasteiger partial charge on any atom is -0.380 e. The Labute approximate surface area is 159 Å². The summed E-state index contributed by atoms with van der Waals surface area (Å²) in [5.74, 6) is -0.0579. The molecule has 1 aliphatic rings. The largest absolute Gasteiger partial charge is 0.380 e. The molecule has 1 amide bonds. The van der Waals surface area contributed by atoms with Crippen LogP contribution in [0.1, 0.15) is 23.3 Å². The number of hydrogen-bond donors (Lipinski definition) is 1. The van der Waals surface area contributed by atoms with Gasteiger partial charge in [0, 0.05) is 48.4 Å². The molecule has 0 unspecified atom stereocenters. The highest BCUT2D eigenvalue weighted by molar-refractivity contribution is 9.10. The monoisotopic (exact) mass is 412 g/mol. The van der Waals surface area contributed by atoms with Gasteiger partial charge in [-0.3, -0.25) is 19.7 Å². The summed E-state index contributed by atoms with van der Waals surface area (Å²) in [5, 5.41) is 3.56. The van der Waals surface area contributed by atoms with Crippen LogP contribution in [0.5, 0.6) is 0 Å². The maximum Gasteiger partial charge on any atom is 0.274 e. The van der Waals surface area contributed by atoms with Crippen molar-refractivity contribution in [2.24, 2.45) is 0 Å². The lowest BCUT2D eigenvalue weighted by molar-refractivity contribution is 0.0712. The molecule has 0 atom stereocenters. The predicted molar refractivity (Wildman–Crippen MR) is 102 cm³/mol. The van der Waals surface area contributed by atoms with Crippen LogP contribution >= 0.6 is 15.9 Å². The molecule has 1 saturated heterocycles. The molecule has 1 N–H and O–H groups in total. The minimum atomic E-state index is -0.0579. The van der Waals surface area contributed by atoms with Gasteiger partial charge in [-0.1, -0.05) is 0 Å². The van der Waals surface area contributed by atoms with Gasteiger partial charge in [0.15, 0.2) is 0 Å². The van der Waals surface area contributed by atoms with Gasteiger partial charge in [0.05, 0.1) is 17.4 Å². The van der Waals surface area contributed by atoms with Crippen LogP contribution in [0.15, 0.2) is 47.6 Å². The van der Waals surface area contributed by atoms with E-state index < -0.39 is 0 Å². The molecule has 3 aromatic rings. The molecule has 3 aromatic heterocycles. The van der Waals surface area contributed by atoms with Gasteiger partial charge >= 0.3 is 0 Å². The topological polar surface area (TPSA) is 83.9 Å². The first-order chi connectivity index (χ1) is 12.7. The van der Waals surface area contributed by atoms with E-state index >= 15 is 0 Å². The lowest BCUT2D eigenvalue weighted by Gasteiger charge is -2.32. The number of hydrogen-bond acceptors (Lipinski definition) is 6. The van der Waals surface area contributed by atoms with E-state index in [-0.39, 0.29) is 11.9 Å². The zero-order valence-corrected chi connectivity index (χ0v) is 15.6. The van der Waals surface area contributed by atoms with Crippen molar-refractivity contribution in [2.45, 2.75) is 18.9 Å². The van der Waals surface area contributed by atoms with E-state index in [1.807, 2.05) is 17.0 Å². The number of nitrogens with zero attached hydrogens (tertiary/aromatic N) is 5. The summed E-state index contributed by atoms with van der Waals surface area (Å²) in [6, 6.07) is 4.19. The van der Waals surface area contributed by atoms with E-state index in [4.69, 9.17) is 0 Å². The second kappa shape index (κ2) is 7.33. The van der Waals surface area contributed by atoms with Gasteiger partial charge in [-0.25, -0.2) is 4.98 Å². The fourth-order valence-corrected chi connectivity index (χ4v) is 3.46. The molecule has 1 aliphatic heterocycles. The van der Waals surface area contributed by atoms with Gasteiger partial charge < -0.3 is 10.2 Å². The number of carbonyl (C=O) groups excluding carboxylic acids is 1. The Morgan fingerprint density at radius 3 is 2.73 bits per heavy atom. The molecule has 1 fully saturated rings. The zero-order valence-electron chi connectivity index (χ0n) is 14.0. The Morgan fingerprint density at radius 2 is 1.96 bits per heavy atom. The van der Waals surface area contributed by atoms with E-state index in [9.17, 15) is 4.79 Å². The zero-order chi connectivity index (χ0) is 17.9. The number of rotatable bonds is 3. The molecule has 0 bridgehead atoms. The number of carbonyl (C=O) groups is 1. The molecule has 7 nitrogen and oxygen atoms in total. The van der Waals surface area contributed by atoms with Crippen molar-refractivity contribution in [2.75, 3.05) is 18.4 Å². The van der Waals surface area contributed by atoms with Gasteiger partial charge in [0.2, 0.25) is 0 Å². The van der Waals surface area contributed by atoms with Crippen LogP contribution in [0.25, 0.3) is 11.0 Å². The van der Waals surface area contributed by atoms with Gasteiger partial charge in [-0.05, 0) is 40.9 Å². The van der Waals surface area contributed by atoms with Gasteiger partial charge in [-0.2, -0.15) is 0 Å². The maximum absolute atomic E-state index is 12.5. The number of piperidine rings is 1. The van der Waals surface area contributed by atoms with Crippen LogP contribution in [0, 0.1) is 0 Å². The highest BCUT2D eigenvalue weighted by atomic mass is 79.9. The van der Waals surface area contributed by atoms with Crippen molar-refractivity contribution in [1.82, 2.24) is 24.8 Å². The Balaban J connectivity index is 1.42. The highest BCUT2D eigenvalue weighted by Crippen LogP contribution is 2.24. The molecule has 0 saturated carbocycles. The van der Waals surface area contributed by atoms with Crippen LogP contribution in [-0.2, 0) is 0 Å². The average Bonchev–Trinajstić information content (AvgIpc) is 2.69. The summed E-state index contributed by atoms with van der Waals surface area (Å²) in [7, 11) is 0. The highest BCUT2D eigenvalue weighted by Gasteiger charge is 2.24. The quantitative estimate of drug-likeness (QED) is 0.711. The number of fused-ring (bicyclic) bond motifs is 1. The minimum absolute atomic E-state index is 0.0579. The van der Waals surface area contributed by atoms with Gasteiger partial charge in [-0.15, -0.1) is 0 Å². The van der Waals surface area contributed by atoms with E-state index in [0.717, 1.165) is 34.0 Å². The number of likely N-dealkylation sites (tertiary alicyclic amines) is 1. The molecule has 0 spiro atoms. The molecule has 8 heteroatoms. The van der Waals surface area contributed by atoms with Crippen LogP contribution in [0.3, 0.4) is 0 Å². The average molecular weight is 413 g/mol. The first kappa shape index (κ1) is 16.8. The Bertz CT molecular complexity index is 927. The second-order valence-corrected chi connectivity index (χ2v) is 7.10. The van der Waals surface area contributed by atoms with E-state index in [2.05, 4.69) is 41.2 Å². The van der Waals surface area contributed by atoms with Crippen LogP contribution in [-0.4, -0.2) is 49.9 Å². The van der Waals surface area contributed by atoms with Crippen LogP contribution < -0.4 is 5.32 Å². The van der Waals surface area contributed by atoms with Crippen molar-refractivity contribution in [3.63, 3.8) is 0 Å². The third kappa shape index (κ3) is 3.50. The van der Waals surface area contributed by atoms with E-state index in [1.54, 1.807) is 24.8 Å². The van der Waals surface area contributed by atoms with E-state index in [1.165, 1.54) is 6.20 Å². The third-order valence-corrected chi connectivity index (χ3v) is 4.90. The lowest BCUT2D eigenvalue weighted by atomic mass is 10.0. The molecular weight excluding hydrogens is 396 g/mol. The Kier molecular flexibility index (Phi) is 4.75. The third-order valence-electron chi connectivity index (χ3n) is 4.47. The first-order valence-corrected chi connectivity index (χ1v) is 9.22. The summed E-state index contributed by atoms with van der Waals surface area (Å²) in [6.45, 7) is 1.38.